The van der Waals surface area contributed by atoms with Crippen molar-refractivity contribution in [2.24, 2.45) is 5.92 Å². The third kappa shape index (κ3) is 13.3. The zero-order chi connectivity index (χ0) is 45.8. The van der Waals surface area contributed by atoms with Crippen LogP contribution in [-0.4, -0.2) is 85.3 Å². The van der Waals surface area contributed by atoms with Crippen molar-refractivity contribution in [1.82, 2.24) is 0 Å². The fourth-order valence-electron chi connectivity index (χ4n) is 8.01. The van der Waals surface area contributed by atoms with E-state index >= 15 is 0 Å². The van der Waals surface area contributed by atoms with Crippen LogP contribution in [0.2, 0.25) is 30.7 Å². The lowest BCUT2D eigenvalue weighted by atomic mass is 9.94. The number of hydrogen-bond donors (Lipinski definition) is 1. The average Bonchev–Trinajstić information content (AvgIpc) is 3.56. The van der Waals surface area contributed by atoms with Crippen LogP contribution >= 0.6 is 0 Å². The number of ether oxygens (including phenoxy) is 6. The number of benzene rings is 4. The topological polar surface area (TPSA) is 102 Å². The van der Waals surface area contributed by atoms with Gasteiger partial charge < -0.3 is 38.0 Å². The zero-order valence-electron chi connectivity index (χ0n) is 39.1. The van der Waals surface area contributed by atoms with Crippen LogP contribution in [-0.2, 0) is 29.8 Å². The van der Waals surface area contributed by atoms with Gasteiger partial charge in [-0.3, -0.25) is 0 Å². The van der Waals surface area contributed by atoms with E-state index in [1.54, 1.807) is 19.2 Å². The van der Waals surface area contributed by atoms with E-state index < -0.39 is 46.5 Å². The molecule has 0 aromatic heterocycles. The van der Waals surface area contributed by atoms with Gasteiger partial charge in [-0.2, -0.15) is 0 Å². The Morgan fingerprint density at radius 2 is 1.49 bits per heavy atom. The largest absolute Gasteiger partial charge is 0.497 e. The summed E-state index contributed by atoms with van der Waals surface area (Å²) in [5.74, 6) is 5.75. The number of carbonyl (C=O) groups is 1. The predicted molar refractivity (Wildman–Crippen MR) is 257 cm³/mol. The molecule has 1 saturated heterocycles. The van der Waals surface area contributed by atoms with Gasteiger partial charge in [0, 0.05) is 27.2 Å². The Kier molecular flexibility index (Phi) is 17.2. The van der Waals surface area contributed by atoms with Crippen molar-refractivity contribution < 1.29 is 42.7 Å². The van der Waals surface area contributed by atoms with E-state index in [9.17, 15) is 9.90 Å². The molecule has 4 aromatic rings. The van der Waals surface area contributed by atoms with Gasteiger partial charge in [0.05, 0.1) is 25.9 Å². The highest BCUT2D eigenvalue weighted by Crippen LogP contribution is 2.39. The van der Waals surface area contributed by atoms with Crippen LogP contribution in [0.15, 0.2) is 109 Å². The summed E-state index contributed by atoms with van der Waals surface area (Å²) in [7, 11) is -1.30. The van der Waals surface area contributed by atoms with Crippen molar-refractivity contribution in [2.45, 2.75) is 115 Å². The maximum Gasteiger partial charge on any atom is 0.342 e. The van der Waals surface area contributed by atoms with Gasteiger partial charge in [0.15, 0.2) is 12.6 Å². The zero-order valence-corrected chi connectivity index (χ0v) is 41.1. The summed E-state index contributed by atoms with van der Waals surface area (Å²) in [4.78, 5) is 13.6. The first-order chi connectivity index (χ1) is 29.9. The van der Waals surface area contributed by atoms with E-state index in [4.69, 9.17) is 32.8 Å². The molecule has 0 bridgehead atoms. The first-order valence-corrected chi connectivity index (χ1v) is 27.5. The molecular formula is C52H68O9Si2. The van der Waals surface area contributed by atoms with Crippen molar-refractivity contribution in [2.75, 3.05) is 27.6 Å². The van der Waals surface area contributed by atoms with Gasteiger partial charge >= 0.3 is 5.97 Å². The highest BCUT2D eigenvalue weighted by Gasteiger charge is 2.51. The van der Waals surface area contributed by atoms with Gasteiger partial charge in [0.1, 0.15) is 29.3 Å². The number of hydrogen-bond acceptors (Lipinski definition) is 9. The molecular weight excluding hydrogens is 825 g/mol. The Morgan fingerprint density at radius 3 is 2.05 bits per heavy atom. The summed E-state index contributed by atoms with van der Waals surface area (Å²) in [6.45, 7) is 19.5. The van der Waals surface area contributed by atoms with Gasteiger partial charge in [0.25, 0.3) is 8.32 Å². The number of carbonyl (C=O) groups excluding carboxylic acids is 1. The molecule has 5 rings (SSSR count). The van der Waals surface area contributed by atoms with Gasteiger partial charge in [-0.25, -0.2) is 4.79 Å². The van der Waals surface area contributed by atoms with E-state index in [1.165, 1.54) is 17.5 Å². The highest BCUT2D eigenvalue weighted by molar-refractivity contribution is 6.99. The molecule has 11 heteroatoms. The van der Waals surface area contributed by atoms with Gasteiger partial charge in [0.2, 0.25) is 0 Å². The number of aliphatic hydroxyl groups is 1. The van der Waals surface area contributed by atoms with Crippen LogP contribution in [0.5, 0.6) is 11.5 Å². The third-order valence-corrected chi connectivity index (χ3v) is 18.1. The molecule has 0 spiro atoms. The fraction of sp³-hybridized carbons (Fsp3) is 0.442. The number of esters is 1. The highest BCUT2D eigenvalue weighted by atomic mass is 28.4. The first-order valence-electron chi connectivity index (χ1n) is 21.9. The Bertz CT molecular complexity index is 2110. The second-order valence-corrected chi connectivity index (χ2v) is 28.8. The number of rotatable bonds is 19. The van der Waals surface area contributed by atoms with Gasteiger partial charge in [-0.15, -0.1) is 0 Å². The molecule has 4 aromatic carbocycles. The Labute approximate surface area is 378 Å². The Morgan fingerprint density at radius 1 is 0.889 bits per heavy atom. The fourth-order valence-corrected chi connectivity index (χ4v) is 13.5. The van der Waals surface area contributed by atoms with Crippen molar-refractivity contribution in [3.8, 4) is 23.3 Å². The molecule has 9 nitrogen and oxygen atoms in total. The first kappa shape index (κ1) is 49.5. The van der Waals surface area contributed by atoms with E-state index in [0.29, 0.717) is 30.8 Å². The lowest BCUT2D eigenvalue weighted by molar-refractivity contribution is -0.151. The third-order valence-electron chi connectivity index (χ3n) is 11.2. The Hall–Kier alpha value is -4.52. The summed E-state index contributed by atoms with van der Waals surface area (Å²) >= 11 is 0. The molecule has 63 heavy (non-hydrogen) atoms. The summed E-state index contributed by atoms with van der Waals surface area (Å²) in [5.41, 5.74) is 1.94. The number of methoxy groups -OCH3 is 2. The molecule has 1 fully saturated rings. The maximum atomic E-state index is 13.6. The molecule has 1 aliphatic heterocycles. The minimum atomic E-state index is -2.92. The van der Waals surface area contributed by atoms with Crippen LogP contribution in [0, 0.1) is 17.8 Å². The molecule has 0 aliphatic carbocycles. The molecule has 0 radical (unpaired) electrons. The van der Waals surface area contributed by atoms with Crippen LogP contribution in [0.25, 0.3) is 6.08 Å². The maximum absolute atomic E-state index is 13.6. The second-order valence-electron chi connectivity index (χ2n) is 18.9. The summed E-state index contributed by atoms with van der Waals surface area (Å²) in [6.07, 6.45) is 1.88. The lowest BCUT2D eigenvalue weighted by Crippen LogP contribution is -2.68. The minimum Gasteiger partial charge on any atom is -0.497 e. The minimum absolute atomic E-state index is 0.0645. The van der Waals surface area contributed by atoms with E-state index in [1.807, 2.05) is 56.3 Å². The number of aliphatic hydroxyl groups excluding tert-OH is 1. The van der Waals surface area contributed by atoms with Crippen molar-refractivity contribution in [3.63, 3.8) is 0 Å². The second kappa shape index (κ2) is 21.9. The van der Waals surface area contributed by atoms with Crippen LogP contribution in [0.3, 0.4) is 0 Å². The Balaban J connectivity index is 1.45. The molecule has 5 atom stereocenters. The summed E-state index contributed by atoms with van der Waals surface area (Å²) < 4.78 is 42.7. The summed E-state index contributed by atoms with van der Waals surface area (Å²) in [5, 5.41) is 14.0. The van der Waals surface area contributed by atoms with Crippen molar-refractivity contribution in [3.05, 3.63) is 126 Å². The molecule has 1 unspecified atom stereocenters. The molecule has 338 valence electrons. The van der Waals surface area contributed by atoms with Crippen molar-refractivity contribution in [1.29, 1.82) is 0 Å². The smallest absolute Gasteiger partial charge is 0.342 e. The monoisotopic (exact) mass is 892 g/mol. The average molecular weight is 893 g/mol. The van der Waals surface area contributed by atoms with E-state index in [-0.39, 0.29) is 35.2 Å². The van der Waals surface area contributed by atoms with Crippen LogP contribution in [0.1, 0.15) is 69.4 Å². The molecule has 1 aliphatic rings. The molecule has 1 N–H and O–H groups in total. The van der Waals surface area contributed by atoms with Gasteiger partial charge in [-0.1, -0.05) is 155 Å². The van der Waals surface area contributed by atoms with Crippen LogP contribution < -0.4 is 19.8 Å². The summed E-state index contributed by atoms with van der Waals surface area (Å²) in [6, 6.07) is 35.7. The molecule has 0 saturated carbocycles. The predicted octanol–water partition coefficient (Wildman–Crippen LogP) is 9.28. The van der Waals surface area contributed by atoms with Gasteiger partial charge in [-0.05, 0) is 72.3 Å². The van der Waals surface area contributed by atoms with Crippen molar-refractivity contribution >= 4 is 38.8 Å². The standard InChI is InChI=1S/C52H68O9Si2/c1-38(61-63(51(2,3)4,43-25-17-13-18-26-43)44-27-19-14-20-28-44)40(34-39-22-15-12-16-23-39)30-31-45(53)49-46(59-52(5,6)60-49)29-21-24-41-35-42(56-8)36-47(58-37-55-7)48(41)50(54)57-32-33-62(9,10)11/h12-28,35-36,38,40,45-46,49,53H,29,32-34,37H2,1-11H3/b24-21+/t38-,40+,45?,46-,49+/m0/s1. The van der Waals surface area contributed by atoms with E-state index in [2.05, 4.69) is 120 Å². The van der Waals surface area contributed by atoms with E-state index in [0.717, 1.165) is 11.6 Å². The molecule has 0 amide bonds. The normalized spacial score (nSPS) is 18.0. The lowest BCUT2D eigenvalue weighted by Gasteiger charge is -2.45. The SMILES string of the molecule is COCOc1cc(OC)cc(/C=C/C[C@@H]2OC(C)(C)O[C@@H]2C(O)C#C[C@H](Cc2ccccc2)[C@H](C)O[Si](c2ccccc2)(c2ccccc2)C(C)(C)C)c1C(=O)OCC[Si](C)(C)C. The molecule has 1 heterocycles. The quantitative estimate of drug-likeness (QED) is 0.0428. The van der Waals surface area contributed by atoms with Crippen LogP contribution in [0.4, 0.5) is 0 Å².